The first-order valence-corrected chi connectivity index (χ1v) is 13.8. The van der Waals surface area contributed by atoms with Crippen molar-refractivity contribution in [3.63, 3.8) is 0 Å². The summed E-state index contributed by atoms with van der Waals surface area (Å²) in [5, 5.41) is 50.5. The molecular weight excluding hydrogens is 593 g/mol. The molecule has 2 amide bonds. The van der Waals surface area contributed by atoms with Crippen LogP contribution in [-0.4, -0.2) is 93.4 Å². The molecule has 1 aromatic rings. The number of aliphatic hydroxyl groups excluding tert-OH is 2. The Balaban J connectivity index is 1.68. The van der Waals surface area contributed by atoms with Gasteiger partial charge in [-0.3, -0.25) is 24.1 Å². The van der Waals surface area contributed by atoms with Crippen molar-refractivity contribution < 1.29 is 57.5 Å². The first-order chi connectivity index (χ1) is 20.5. The third kappa shape index (κ3) is 4.86. The number of hydrogen-bond acceptors (Lipinski definition) is 11. The maximum absolute atomic E-state index is 14.0. The number of benzene rings is 1. The van der Waals surface area contributed by atoms with Gasteiger partial charge in [0.2, 0.25) is 11.7 Å². The van der Waals surface area contributed by atoms with Crippen LogP contribution < -0.4 is 21.1 Å². The molecule has 4 aliphatic rings. The molecule has 3 aliphatic carbocycles. The third-order valence-electron chi connectivity index (χ3n) is 8.79. The van der Waals surface area contributed by atoms with Gasteiger partial charge in [0.1, 0.15) is 22.8 Å². The topological polar surface area (TPSA) is 212 Å². The molecule has 0 spiro atoms. The van der Waals surface area contributed by atoms with Crippen LogP contribution in [0, 0.1) is 11.8 Å². The molecule has 44 heavy (non-hydrogen) atoms. The standard InChI is InChI=1S/C28H31F3N4O9/c1-35(2)19-12-8-10-7-11-15(44-28(29,30)31)9-14(34-26(42)13-5-3-4-6-33-13)20(36)17(11)21(37)16(10)23(39)27(12,43)24(40)18(22(19)38)25(32)41/h9-10,12-13,19,33,36-37,40,43H,3-8H2,1-2H3,(H2,32,41)(H,34,42)/t10-,12-,13-,19-,27-/m0/s1. The van der Waals surface area contributed by atoms with Gasteiger partial charge in [-0.2, -0.15) is 0 Å². The van der Waals surface area contributed by atoms with Crippen molar-refractivity contribution in [2.45, 2.75) is 56.2 Å². The average Bonchev–Trinajstić information content (AvgIpc) is 2.92. The lowest BCUT2D eigenvalue weighted by molar-refractivity contribution is -0.275. The number of Topliss-reactive ketones (excluding diaryl/α,β-unsaturated/α-hetero) is 2. The molecule has 0 aromatic heterocycles. The number of hydrogen-bond donors (Lipinski definition) is 7. The monoisotopic (exact) mass is 624 g/mol. The maximum atomic E-state index is 14.0. The molecule has 5 rings (SSSR count). The summed E-state index contributed by atoms with van der Waals surface area (Å²) in [5.41, 5.74) is -0.745. The summed E-state index contributed by atoms with van der Waals surface area (Å²) in [5.74, 6) is -11.0. The molecule has 0 unspecified atom stereocenters. The minimum Gasteiger partial charge on any atom is -0.508 e. The van der Waals surface area contributed by atoms with Gasteiger partial charge in [-0.05, 0) is 52.2 Å². The Labute approximate surface area is 248 Å². The van der Waals surface area contributed by atoms with Crippen molar-refractivity contribution in [3.8, 4) is 11.5 Å². The molecule has 2 fully saturated rings. The molecule has 13 nitrogen and oxygen atoms in total. The Bertz CT molecular complexity index is 1530. The lowest BCUT2D eigenvalue weighted by Crippen LogP contribution is -2.65. The number of primary amides is 1. The van der Waals surface area contributed by atoms with E-state index in [-0.39, 0.29) is 12.0 Å². The van der Waals surface area contributed by atoms with Gasteiger partial charge in [-0.15, -0.1) is 13.2 Å². The number of halogens is 3. The normalized spacial score (nSPS) is 28.8. The van der Waals surface area contributed by atoms with Gasteiger partial charge in [0.25, 0.3) is 5.91 Å². The van der Waals surface area contributed by atoms with E-state index in [1.807, 2.05) is 0 Å². The van der Waals surface area contributed by atoms with Gasteiger partial charge < -0.3 is 41.5 Å². The highest BCUT2D eigenvalue weighted by atomic mass is 19.4. The van der Waals surface area contributed by atoms with Crippen LogP contribution in [0.4, 0.5) is 18.9 Å². The maximum Gasteiger partial charge on any atom is 0.573 e. The van der Waals surface area contributed by atoms with E-state index in [0.29, 0.717) is 19.4 Å². The summed E-state index contributed by atoms with van der Waals surface area (Å²) in [6, 6.07) is -1.30. The van der Waals surface area contributed by atoms with E-state index in [2.05, 4.69) is 15.4 Å². The molecule has 5 atom stereocenters. The second-order valence-electron chi connectivity index (χ2n) is 11.6. The highest BCUT2D eigenvalue weighted by Crippen LogP contribution is 2.55. The number of fused-ring (bicyclic) bond motifs is 3. The number of piperidine rings is 1. The van der Waals surface area contributed by atoms with E-state index >= 15 is 0 Å². The molecule has 1 heterocycles. The minimum absolute atomic E-state index is 0.330. The predicted molar refractivity (Wildman–Crippen MR) is 145 cm³/mol. The smallest absolute Gasteiger partial charge is 0.508 e. The number of aromatic hydroxyl groups is 1. The van der Waals surface area contributed by atoms with Crippen molar-refractivity contribution >= 4 is 34.8 Å². The first-order valence-electron chi connectivity index (χ1n) is 13.8. The second kappa shape index (κ2) is 10.8. The molecule has 1 saturated heterocycles. The van der Waals surface area contributed by atoms with Gasteiger partial charge in [0, 0.05) is 23.1 Å². The van der Waals surface area contributed by atoms with Crippen molar-refractivity contribution in [2.75, 3.05) is 26.0 Å². The molecule has 8 N–H and O–H groups in total. The molecule has 0 radical (unpaired) electrons. The quantitative estimate of drug-likeness (QED) is 0.181. The lowest BCUT2D eigenvalue weighted by atomic mass is 9.57. The SMILES string of the molecule is CN(C)[C@@H]1C(=O)C(C(N)=O)=C(O)[C@@]2(O)C(=O)C3=C(O)c4c(O)c(NC(=O)[C@@H]5CCCCN5)cc(OC(F)(F)F)c4C[C@H]3C[C@@H]12. The Kier molecular flexibility index (Phi) is 7.66. The predicted octanol–water partition coefficient (Wildman–Crippen LogP) is 0.943. The molecule has 238 valence electrons. The number of anilines is 1. The van der Waals surface area contributed by atoms with E-state index in [1.165, 1.54) is 19.0 Å². The number of nitrogens with two attached hydrogens (primary N) is 1. The van der Waals surface area contributed by atoms with Gasteiger partial charge >= 0.3 is 6.36 Å². The summed E-state index contributed by atoms with van der Waals surface area (Å²) >= 11 is 0. The van der Waals surface area contributed by atoms with E-state index in [4.69, 9.17) is 5.73 Å². The summed E-state index contributed by atoms with van der Waals surface area (Å²) in [6.45, 7) is 0.524. The number of carbonyl (C=O) groups is 4. The van der Waals surface area contributed by atoms with E-state index < -0.39 is 111 Å². The number of ketones is 2. The zero-order valence-electron chi connectivity index (χ0n) is 23.6. The summed E-state index contributed by atoms with van der Waals surface area (Å²) < 4.78 is 44.8. The fourth-order valence-electron chi connectivity index (χ4n) is 6.88. The number of nitrogens with zero attached hydrogens (tertiary/aromatic N) is 1. The van der Waals surface area contributed by atoms with Crippen molar-refractivity contribution in [3.05, 3.63) is 34.1 Å². The Morgan fingerprint density at radius 2 is 1.86 bits per heavy atom. The summed E-state index contributed by atoms with van der Waals surface area (Å²) in [4.78, 5) is 53.4. The van der Waals surface area contributed by atoms with Gasteiger partial charge in [-0.1, -0.05) is 6.42 Å². The van der Waals surface area contributed by atoms with Crippen LogP contribution in [0.15, 0.2) is 23.0 Å². The van der Waals surface area contributed by atoms with Crippen LogP contribution in [0.2, 0.25) is 0 Å². The van der Waals surface area contributed by atoms with Gasteiger partial charge in [0.15, 0.2) is 17.1 Å². The summed E-state index contributed by atoms with van der Waals surface area (Å²) in [7, 11) is 2.83. The number of nitrogens with one attached hydrogen (secondary N) is 2. The molecule has 16 heteroatoms. The molecule has 1 saturated carbocycles. The van der Waals surface area contributed by atoms with E-state index in [9.17, 15) is 52.8 Å². The number of alkyl halides is 3. The molecule has 1 aromatic carbocycles. The number of likely N-dealkylation sites (N-methyl/N-ethyl adjacent to an activating group) is 1. The minimum atomic E-state index is -5.23. The molecular formula is C28H31F3N4O9. The third-order valence-corrected chi connectivity index (χ3v) is 8.79. The number of phenols is 1. The molecule has 1 aliphatic heterocycles. The number of rotatable bonds is 5. The van der Waals surface area contributed by atoms with E-state index in [1.54, 1.807) is 0 Å². The van der Waals surface area contributed by atoms with Crippen LogP contribution in [-0.2, 0) is 25.6 Å². The number of aliphatic hydroxyl groups is 3. The summed E-state index contributed by atoms with van der Waals surface area (Å²) in [6.07, 6.45) is -4.04. The van der Waals surface area contributed by atoms with Crippen molar-refractivity contribution in [1.82, 2.24) is 10.2 Å². The largest absolute Gasteiger partial charge is 0.573 e. The second-order valence-corrected chi connectivity index (χ2v) is 11.6. The van der Waals surface area contributed by atoms with Crippen LogP contribution in [0.25, 0.3) is 5.76 Å². The lowest BCUT2D eigenvalue weighted by Gasteiger charge is -2.50. The fourth-order valence-corrected chi connectivity index (χ4v) is 6.88. The van der Waals surface area contributed by atoms with Crippen molar-refractivity contribution in [1.29, 1.82) is 0 Å². The number of amides is 2. The zero-order valence-corrected chi connectivity index (χ0v) is 23.6. The number of phenolic OH excluding ortho intramolecular Hbond substituents is 1. The highest BCUT2D eigenvalue weighted by Gasteiger charge is 2.64. The van der Waals surface area contributed by atoms with Crippen LogP contribution >= 0.6 is 0 Å². The Morgan fingerprint density at radius 1 is 1.18 bits per heavy atom. The number of carbonyl (C=O) groups excluding carboxylic acids is 4. The highest BCUT2D eigenvalue weighted by molar-refractivity contribution is 6.24. The van der Waals surface area contributed by atoms with Gasteiger partial charge in [-0.25, -0.2) is 0 Å². The van der Waals surface area contributed by atoms with Crippen LogP contribution in [0.3, 0.4) is 0 Å². The van der Waals surface area contributed by atoms with E-state index in [0.717, 1.165) is 12.5 Å². The zero-order chi connectivity index (χ0) is 32.5. The van der Waals surface area contributed by atoms with Gasteiger partial charge in [0.05, 0.1) is 23.3 Å². The Morgan fingerprint density at radius 3 is 2.43 bits per heavy atom. The van der Waals surface area contributed by atoms with Crippen LogP contribution in [0.5, 0.6) is 11.5 Å². The first kappa shape index (κ1) is 31.3. The number of ether oxygens (including phenoxy) is 1. The van der Waals surface area contributed by atoms with Crippen LogP contribution in [0.1, 0.15) is 36.8 Å². The Hall–Kier alpha value is -4.15. The molecule has 0 bridgehead atoms. The average molecular weight is 625 g/mol. The van der Waals surface area contributed by atoms with Crippen molar-refractivity contribution in [2.24, 2.45) is 17.6 Å². The fraction of sp³-hybridized carbons (Fsp3) is 0.500.